The van der Waals surface area contributed by atoms with Gasteiger partial charge in [-0.25, -0.2) is 9.37 Å². The maximum absolute atomic E-state index is 13.4. The first-order valence-electron chi connectivity index (χ1n) is 7.64. The smallest absolute Gasteiger partial charge is 0.262 e. The average Bonchev–Trinajstić information content (AvgIpc) is 2.61. The summed E-state index contributed by atoms with van der Waals surface area (Å²) in [7, 11) is 0. The molecule has 124 valence electrons. The van der Waals surface area contributed by atoms with Crippen molar-refractivity contribution in [2.75, 3.05) is 0 Å². The summed E-state index contributed by atoms with van der Waals surface area (Å²) in [5, 5.41) is 9.99. The molecule has 0 saturated heterocycles. The lowest BCUT2D eigenvalue weighted by atomic mass is 10.2. The number of thioether (sulfide) groups is 1. The van der Waals surface area contributed by atoms with Gasteiger partial charge in [-0.05, 0) is 36.2 Å². The monoisotopic (exact) mass is 344 g/mol. The second-order valence-corrected chi connectivity index (χ2v) is 6.31. The van der Waals surface area contributed by atoms with Gasteiger partial charge in [0.2, 0.25) is 0 Å². The van der Waals surface area contributed by atoms with Crippen LogP contribution < -0.4 is 5.56 Å². The second kappa shape index (κ2) is 7.15. The molecule has 24 heavy (non-hydrogen) atoms. The third-order valence-corrected chi connectivity index (χ3v) is 4.82. The minimum absolute atomic E-state index is 0.0194. The first kappa shape index (κ1) is 16.7. The van der Waals surface area contributed by atoms with E-state index in [9.17, 15) is 9.18 Å². The average molecular weight is 344 g/mol. The first-order valence-corrected chi connectivity index (χ1v) is 8.62. The maximum Gasteiger partial charge on any atom is 0.262 e. The molecule has 0 amide bonds. The fourth-order valence-corrected chi connectivity index (χ4v) is 3.47. The van der Waals surface area contributed by atoms with Gasteiger partial charge in [0.05, 0.1) is 17.5 Å². The van der Waals surface area contributed by atoms with E-state index in [-0.39, 0.29) is 12.2 Å². The van der Waals surface area contributed by atoms with Crippen LogP contribution in [0.15, 0.2) is 52.4 Å². The van der Waals surface area contributed by atoms with Crippen LogP contribution in [-0.2, 0) is 18.9 Å². The van der Waals surface area contributed by atoms with Crippen LogP contribution in [0.3, 0.4) is 0 Å². The molecular formula is C18H17FN2O2S. The molecule has 1 aromatic heterocycles. The summed E-state index contributed by atoms with van der Waals surface area (Å²) in [4.78, 5) is 17.1. The number of hydrogen-bond donors (Lipinski definition) is 1. The molecule has 0 unspecified atom stereocenters. The van der Waals surface area contributed by atoms with Crippen LogP contribution >= 0.6 is 11.8 Å². The largest absolute Gasteiger partial charge is 0.392 e. The Labute approximate surface area is 143 Å². The zero-order valence-corrected chi connectivity index (χ0v) is 14.0. The number of hydrogen-bond acceptors (Lipinski definition) is 4. The summed E-state index contributed by atoms with van der Waals surface area (Å²) in [5.74, 6) is 0.221. The summed E-state index contributed by atoms with van der Waals surface area (Å²) in [6.45, 7) is 2.37. The van der Waals surface area contributed by atoms with E-state index >= 15 is 0 Å². The lowest BCUT2D eigenvalue weighted by molar-refractivity contribution is 0.282. The van der Waals surface area contributed by atoms with Crippen molar-refractivity contribution in [1.82, 2.24) is 9.55 Å². The Bertz CT molecular complexity index is 923. The van der Waals surface area contributed by atoms with Crippen LogP contribution in [0.25, 0.3) is 10.9 Å². The highest BCUT2D eigenvalue weighted by atomic mass is 32.2. The quantitative estimate of drug-likeness (QED) is 0.570. The van der Waals surface area contributed by atoms with Crippen molar-refractivity contribution in [2.24, 2.45) is 0 Å². The lowest BCUT2D eigenvalue weighted by Gasteiger charge is -2.11. The summed E-state index contributed by atoms with van der Waals surface area (Å²) >= 11 is 1.47. The molecule has 0 aliphatic heterocycles. The molecule has 3 rings (SSSR count). The van der Waals surface area contributed by atoms with E-state index in [1.807, 2.05) is 31.2 Å². The van der Waals surface area contributed by atoms with Crippen molar-refractivity contribution in [3.63, 3.8) is 0 Å². The van der Waals surface area contributed by atoms with Gasteiger partial charge in [-0.3, -0.25) is 9.36 Å². The zero-order chi connectivity index (χ0) is 17.1. The SMILES string of the molecule is CCn1c(SCc2ccc(CO)cc2)nc2ccc(F)cc2c1=O. The van der Waals surface area contributed by atoms with Crippen molar-refractivity contribution in [3.8, 4) is 0 Å². The van der Waals surface area contributed by atoms with E-state index < -0.39 is 5.82 Å². The summed E-state index contributed by atoms with van der Waals surface area (Å²) in [6, 6.07) is 11.7. The van der Waals surface area contributed by atoms with E-state index in [1.165, 1.54) is 30.0 Å². The Morgan fingerprint density at radius 1 is 1.17 bits per heavy atom. The Hall–Kier alpha value is -2.18. The lowest BCUT2D eigenvalue weighted by Crippen LogP contribution is -2.22. The molecule has 0 radical (unpaired) electrons. The minimum Gasteiger partial charge on any atom is -0.392 e. The molecule has 1 heterocycles. The molecule has 0 spiro atoms. The topological polar surface area (TPSA) is 55.1 Å². The molecular weight excluding hydrogens is 327 g/mol. The van der Waals surface area contributed by atoms with E-state index in [0.717, 1.165) is 11.1 Å². The van der Waals surface area contributed by atoms with Gasteiger partial charge in [0.25, 0.3) is 5.56 Å². The number of rotatable bonds is 5. The van der Waals surface area contributed by atoms with Gasteiger partial charge < -0.3 is 5.11 Å². The standard InChI is InChI=1S/C18H17FN2O2S/c1-2-21-17(23)15-9-14(19)7-8-16(15)20-18(21)24-11-13-5-3-12(10-22)4-6-13/h3-9,22H,2,10-11H2,1H3. The van der Waals surface area contributed by atoms with E-state index in [2.05, 4.69) is 4.98 Å². The number of aromatic nitrogens is 2. The Balaban J connectivity index is 1.93. The number of nitrogens with zero attached hydrogens (tertiary/aromatic N) is 2. The van der Waals surface area contributed by atoms with Crippen LogP contribution in [0.2, 0.25) is 0 Å². The molecule has 0 aliphatic carbocycles. The fourth-order valence-electron chi connectivity index (χ4n) is 2.45. The number of halogens is 1. The number of fused-ring (bicyclic) bond motifs is 1. The van der Waals surface area contributed by atoms with Crippen molar-refractivity contribution >= 4 is 22.7 Å². The first-order chi connectivity index (χ1) is 11.6. The molecule has 0 aliphatic rings. The van der Waals surface area contributed by atoms with Crippen LogP contribution in [0.1, 0.15) is 18.1 Å². The summed E-state index contributed by atoms with van der Waals surface area (Å²) in [6.07, 6.45) is 0. The van der Waals surface area contributed by atoms with E-state index in [0.29, 0.717) is 28.4 Å². The Kier molecular flexibility index (Phi) is 4.97. The van der Waals surface area contributed by atoms with E-state index in [4.69, 9.17) is 5.11 Å². The molecule has 4 nitrogen and oxygen atoms in total. The van der Waals surface area contributed by atoms with Gasteiger partial charge in [-0.2, -0.15) is 0 Å². The van der Waals surface area contributed by atoms with Crippen LogP contribution in [0.4, 0.5) is 4.39 Å². The summed E-state index contributed by atoms with van der Waals surface area (Å²) in [5.41, 5.74) is 2.22. The van der Waals surface area contributed by atoms with Crippen LogP contribution in [-0.4, -0.2) is 14.7 Å². The fraction of sp³-hybridized carbons (Fsp3) is 0.222. The van der Waals surface area contributed by atoms with Crippen molar-refractivity contribution in [1.29, 1.82) is 0 Å². The maximum atomic E-state index is 13.4. The second-order valence-electron chi connectivity index (χ2n) is 5.37. The van der Waals surface area contributed by atoms with Crippen molar-refractivity contribution in [3.05, 3.63) is 69.8 Å². The Morgan fingerprint density at radius 2 is 1.88 bits per heavy atom. The van der Waals surface area contributed by atoms with Gasteiger partial charge in [-0.1, -0.05) is 36.0 Å². The highest BCUT2D eigenvalue weighted by Crippen LogP contribution is 2.22. The Morgan fingerprint density at radius 3 is 2.54 bits per heavy atom. The molecule has 0 atom stereocenters. The highest BCUT2D eigenvalue weighted by molar-refractivity contribution is 7.98. The van der Waals surface area contributed by atoms with Gasteiger partial charge >= 0.3 is 0 Å². The molecule has 1 N–H and O–H groups in total. The molecule has 3 aromatic rings. The highest BCUT2D eigenvalue weighted by Gasteiger charge is 2.11. The van der Waals surface area contributed by atoms with Crippen molar-refractivity contribution < 1.29 is 9.50 Å². The molecule has 0 bridgehead atoms. The van der Waals surface area contributed by atoms with Gasteiger partial charge in [0.15, 0.2) is 5.16 Å². The molecule has 0 fully saturated rings. The number of aliphatic hydroxyl groups excluding tert-OH is 1. The van der Waals surface area contributed by atoms with Crippen LogP contribution in [0, 0.1) is 5.82 Å². The van der Waals surface area contributed by atoms with Crippen molar-refractivity contribution in [2.45, 2.75) is 31.0 Å². The summed E-state index contributed by atoms with van der Waals surface area (Å²) < 4.78 is 14.9. The van der Waals surface area contributed by atoms with E-state index in [1.54, 1.807) is 4.57 Å². The number of benzene rings is 2. The third kappa shape index (κ3) is 3.34. The van der Waals surface area contributed by atoms with Gasteiger partial charge in [0.1, 0.15) is 5.82 Å². The van der Waals surface area contributed by atoms with Gasteiger partial charge in [0, 0.05) is 12.3 Å². The zero-order valence-electron chi connectivity index (χ0n) is 13.2. The normalized spacial score (nSPS) is 11.1. The minimum atomic E-state index is -0.437. The van der Waals surface area contributed by atoms with Crippen LogP contribution in [0.5, 0.6) is 0 Å². The predicted molar refractivity (Wildman–Crippen MR) is 93.6 cm³/mol. The third-order valence-electron chi connectivity index (χ3n) is 3.77. The molecule has 6 heteroatoms. The van der Waals surface area contributed by atoms with Gasteiger partial charge in [-0.15, -0.1) is 0 Å². The predicted octanol–water partition coefficient (Wildman–Crippen LogP) is 3.34. The molecule has 2 aromatic carbocycles. The number of aliphatic hydroxyl groups is 1. The molecule has 0 saturated carbocycles.